The van der Waals surface area contributed by atoms with Crippen molar-refractivity contribution < 1.29 is 37.4 Å². The van der Waals surface area contributed by atoms with Crippen LogP contribution in [-0.2, 0) is 19.1 Å². The normalized spacial score (nSPS) is 19.3. The Bertz CT molecular complexity index is 1370. The molecule has 12 heteroatoms. The SMILES string of the molecule is CC(C)c1ccc(C(NC(=O)C2CC(F)CN2C(=O)COC(=O)N2CCN(C(=O)OC(C)(C)C)CC2)c2ccccc2)cc1F. The second-order valence-electron chi connectivity index (χ2n) is 12.7. The van der Waals surface area contributed by atoms with Crippen LogP contribution in [0.2, 0.25) is 0 Å². The number of carbonyl (C=O) groups is 4. The Kier molecular flexibility index (Phi) is 10.7. The van der Waals surface area contributed by atoms with E-state index in [1.807, 2.05) is 19.9 Å². The molecule has 45 heavy (non-hydrogen) atoms. The number of rotatable bonds is 7. The highest BCUT2D eigenvalue weighted by atomic mass is 19.1. The van der Waals surface area contributed by atoms with Crippen LogP contribution in [0.15, 0.2) is 48.5 Å². The quantitative estimate of drug-likeness (QED) is 0.473. The van der Waals surface area contributed by atoms with E-state index in [9.17, 15) is 28.0 Å². The molecule has 3 atom stereocenters. The summed E-state index contributed by atoms with van der Waals surface area (Å²) < 4.78 is 40.1. The highest BCUT2D eigenvalue weighted by Gasteiger charge is 2.41. The van der Waals surface area contributed by atoms with Crippen LogP contribution in [-0.4, -0.2) is 95.8 Å². The molecule has 0 radical (unpaired) electrons. The number of halogens is 2. The van der Waals surface area contributed by atoms with E-state index in [4.69, 9.17) is 9.47 Å². The van der Waals surface area contributed by atoms with Crippen molar-refractivity contribution in [3.05, 3.63) is 71.0 Å². The molecule has 2 aliphatic heterocycles. The first-order chi connectivity index (χ1) is 21.2. The predicted octanol–water partition coefficient (Wildman–Crippen LogP) is 4.78. The van der Waals surface area contributed by atoms with Crippen LogP contribution in [0.1, 0.15) is 69.7 Å². The Morgan fingerprint density at radius 2 is 1.56 bits per heavy atom. The summed E-state index contributed by atoms with van der Waals surface area (Å²) in [4.78, 5) is 55.6. The summed E-state index contributed by atoms with van der Waals surface area (Å²) in [5.41, 5.74) is 1.10. The van der Waals surface area contributed by atoms with Gasteiger partial charge in [-0.3, -0.25) is 9.59 Å². The number of hydrogen-bond donors (Lipinski definition) is 1. The van der Waals surface area contributed by atoms with E-state index in [2.05, 4.69) is 5.32 Å². The first-order valence-electron chi connectivity index (χ1n) is 15.2. The Morgan fingerprint density at radius 3 is 2.13 bits per heavy atom. The highest BCUT2D eigenvalue weighted by molar-refractivity contribution is 5.90. The zero-order valence-electron chi connectivity index (χ0n) is 26.4. The van der Waals surface area contributed by atoms with Crippen molar-refractivity contribution in [1.29, 1.82) is 0 Å². The van der Waals surface area contributed by atoms with Crippen LogP contribution in [0.3, 0.4) is 0 Å². The molecule has 0 aliphatic carbocycles. The van der Waals surface area contributed by atoms with E-state index in [-0.39, 0.29) is 45.1 Å². The molecule has 0 saturated carbocycles. The van der Waals surface area contributed by atoms with Crippen molar-refractivity contribution in [1.82, 2.24) is 20.0 Å². The van der Waals surface area contributed by atoms with E-state index in [0.29, 0.717) is 16.7 Å². The zero-order chi connectivity index (χ0) is 32.9. The highest BCUT2D eigenvalue weighted by Crippen LogP contribution is 2.28. The number of nitrogens with zero attached hydrogens (tertiary/aromatic N) is 3. The van der Waals surface area contributed by atoms with E-state index in [1.165, 1.54) is 15.9 Å². The molecule has 2 fully saturated rings. The average Bonchev–Trinajstić information content (AvgIpc) is 3.39. The molecule has 4 rings (SSSR count). The summed E-state index contributed by atoms with van der Waals surface area (Å²) in [5, 5.41) is 2.89. The van der Waals surface area contributed by atoms with E-state index >= 15 is 0 Å². The molecule has 3 unspecified atom stereocenters. The van der Waals surface area contributed by atoms with Gasteiger partial charge >= 0.3 is 12.2 Å². The van der Waals surface area contributed by atoms with Crippen LogP contribution in [0, 0.1) is 5.82 Å². The number of alkyl halides is 1. The van der Waals surface area contributed by atoms with Gasteiger partial charge in [-0.15, -0.1) is 0 Å². The van der Waals surface area contributed by atoms with Gasteiger partial charge < -0.3 is 29.5 Å². The number of nitrogens with one attached hydrogen (secondary N) is 1. The molecule has 10 nitrogen and oxygen atoms in total. The van der Waals surface area contributed by atoms with E-state index in [1.54, 1.807) is 57.2 Å². The summed E-state index contributed by atoms with van der Waals surface area (Å²) >= 11 is 0. The van der Waals surface area contributed by atoms with Crippen LogP contribution in [0.4, 0.5) is 18.4 Å². The Labute approximate surface area is 262 Å². The van der Waals surface area contributed by atoms with Gasteiger partial charge in [-0.25, -0.2) is 18.4 Å². The number of amides is 4. The molecule has 2 heterocycles. The molecule has 4 amide bonds. The van der Waals surface area contributed by atoms with Crippen molar-refractivity contribution in [3.63, 3.8) is 0 Å². The standard InChI is InChI=1S/C33H42F2N4O6/c1-21(2)25-12-11-23(17-26(25)35)29(22-9-7-6-8-10-22)36-30(41)27-18-24(34)19-39(27)28(40)20-44-31(42)37-13-15-38(16-14-37)32(43)45-33(3,4)5/h6-12,17,21,24,27,29H,13-16,18-20H2,1-5H3,(H,36,41). The fourth-order valence-electron chi connectivity index (χ4n) is 5.44. The van der Waals surface area contributed by atoms with Crippen molar-refractivity contribution >= 4 is 24.0 Å². The lowest BCUT2D eigenvalue weighted by atomic mass is 9.94. The Hall–Kier alpha value is -4.22. The predicted molar refractivity (Wildman–Crippen MR) is 163 cm³/mol. The maximum Gasteiger partial charge on any atom is 0.410 e. The number of benzene rings is 2. The number of hydrogen-bond acceptors (Lipinski definition) is 6. The molecule has 1 N–H and O–H groups in total. The second kappa shape index (κ2) is 14.3. The van der Waals surface area contributed by atoms with Gasteiger partial charge in [0.05, 0.1) is 12.6 Å². The number of piperazine rings is 1. The lowest BCUT2D eigenvalue weighted by Gasteiger charge is -2.35. The third-order valence-corrected chi connectivity index (χ3v) is 7.78. The molecule has 2 aromatic rings. The monoisotopic (exact) mass is 628 g/mol. The van der Waals surface area contributed by atoms with Gasteiger partial charge in [0.1, 0.15) is 23.6 Å². The van der Waals surface area contributed by atoms with Crippen LogP contribution < -0.4 is 5.32 Å². The third kappa shape index (κ3) is 8.70. The van der Waals surface area contributed by atoms with Gasteiger partial charge in [0.15, 0.2) is 6.61 Å². The number of likely N-dealkylation sites (tertiary alicyclic amines) is 1. The Balaban J connectivity index is 1.38. The molecular formula is C33H42F2N4O6. The second-order valence-corrected chi connectivity index (χ2v) is 12.7. The maximum atomic E-state index is 14.9. The minimum Gasteiger partial charge on any atom is -0.444 e. The average molecular weight is 629 g/mol. The molecule has 2 aliphatic rings. The summed E-state index contributed by atoms with van der Waals surface area (Å²) in [6.45, 7) is 8.93. The lowest BCUT2D eigenvalue weighted by Crippen LogP contribution is -2.52. The zero-order valence-corrected chi connectivity index (χ0v) is 26.4. The molecule has 0 bridgehead atoms. The number of ether oxygens (including phenoxy) is 2. The molecule has 0 spiro atoms. The lowest BCUT2D eigenvalue weighted by molar-refractivity contribution is -0.141. The molecule has 244 valence electrons. The third-order valence-electron chi connectivity index (χ3n) is 7.78. The molecule has 2 aromatic carbocycles. The van der Waals surface area contributed by atoms with Gasteiger partial charge in [0.2, 0.25) is 5.91 Å². The molecular weight excluding hydrogens is 586 g/mol. The Morgan fingerprint density at radius 1 is 0.933 bits per heavy atom. The van der Waals surface area contributed by atoms with E-state index in [0.717, 1.165) is 4.90 Å². The van der Waals surface area contributed by atoms with E-state index < -0.39 is 60.3 Å². The summed E-state index contributed by atoms with van der Waals surface area (Å²) in [6, 6.07) is 11.9. The minimum absolute atomic E-state index is 0.0284. The topological polar surface area (TPSA) is 108 Å². The first kappa shape index (κ1) is 33.7. The van der Waals surface area contributed by atoms with Crippen molar-refractivity contribution in [2.24, 2.45) is 0 Å². The summed E-state index contributed by atoms with van der Waals surface area (Å²) in [6.07, 6.45) is -2.89. The smallest absolute Gasteiger partial charge is 0.410 e. The van der Waals surface area contributed by atoms with Crippen LogP contribution in [0.5, 0.6) is 0 Å². The van der Waals surface area contributed by atoms with Gasteiger partial charge in [-0.1, -0.05) is 56.3 Å². The summed E-state index contributed by atoms with van der Waals surface area (Å²) in [5.74, 6) is -1.73. The number of carbonyl (C=O) groups excluding carboxylic acids is 4. The van der Waals surface area contributed by atoms with Gasteiger partial charge in [-0.05, 0) is 49.4 Å². The van der Waals surface area contributed by atoms with Crippen molar-refractivity contribution in [2.75, 3.05) is 39.3 Å². The van der Waals surface area contributed by atoms with Gasteiger partial charge in [0.25, 0.3) is 5.91 Å². The fourth-order valence-corrected chi connectivity index (χ4v) is 5.44. The fraction of sp³-hybridized carbons (Fsp3) is 0.515. The molecule has 0 aromatic heterocycles. The van der Waals surface area contributed by atoms with Gasteiger partial charge in [-0.2, -0.15) is 0 Å². The van der Waals surface area contributed by atoms with Crippen molar-refractivity contribution in [3.8, 4) is 0 Å². The van der Waals surface area contributed by atoms with Crippen LogP contribution in [0.25, 0.3) is 0 Å². The summed E-state index contributed by atoms with van der Waals surface area (Å²) in [7, 11) is 0. The maximum absolute atomic E-state index is 14.9. The first-order valence-corrected chi connectivity index (χ1v) is 15.2. The minimum atomic E-state index is -1.45. The van der Waals surface area contributed by atoms with Gasteiger partial charge in [0, 0.05) is 32.6 Å². The van der Waals surface area contributed by atoms with Crippen LogP contribution >= 0.6 is 0 Å². The largest absolute Gasteiger partial charge is 0.444 e. The molecule has 2 saturated heterocycles. The van der Waals surface area contributed by atoms with Crippen molar-refractivity contribution in [2.45, 2.75) is 70.8 Å².